The van der Waals surface area contributed by atoms with Crippen molar-refractivity contribution in [3.63, 3.8) is 0 Å². The SMILES string of the molecule is CO[C@H](c1ccccc1)c1nnc(CCC(=O)NCCc2ccc(Cl)cc2)o1. The normalized spacial score (nSPS) is 11.9. The first kappa shape index (κ1) is 20.0. The fourth-order valence-electron chi connectivity index (χ4n) is 2.79. The maximum absolute atomic E-state index is 12.0. The van der Waals surface area contributed by atoms with E-state index in [-0.39, 0.29) is 12.3 Å². The Labute approximate surface area is 168 Å². The van der Waals surface area contributed by atoms with Crippen LogP contribution >= 0.6 is 11.6 Å². The number of hydrogen-bond donors (Lipinski definition) is 1. The van der Waals surface area contributed by atoms with Crippen LogP contribution in [0.1, 0.15) is 35.4 Å². The van der Waals surface area contributed by atoms with Gasteiger partial charge in [-0.15, -0.1) is 10.2 Å². The molecule has 0 aliphatic carbocycles. The molecule has 0 fully saturated rings. The van der Waals surface area contributed by atoms with E-state index in [2.05, 4.69) is 15.5 Å². The fourth-order valence-corrected chi connectivity index (χ4v) is 2.91. The summed E-state index contributed by atoms with van der Waals surface area (Å²) in [5.74, 6) is 0.743. The molecule has 0 spiro atoms. The summed E-state index contributed by atoms with van der Waals surface area (Å²) >= 11 is 5.86. The highest BCUT2D eigenvalue weighted by molar-refractivity contribution is 6.30. The Kier molecular flexibility index (Phi) is 7.17. The molecular weight excluding hydrogens is 378 g/mol. The molecule has 1 heterocycles. The Morgan fingerprint density at radius 3 is 2.57 bits per heavy atom. The number of aromatic nitrogens is 2. The van der Waals surface area contributed by atoms with Crippen LogP contribution in [-0.4, -0.2) is 29.8 Å². The number of amides is 1. The van der Waals surface area contributed by atoms with Crippen LogP contribution in [0, 0.1) is 0 Å². The van der Waals surface area contributed by atoms with Gasteiger partial charge in [0, 0.05) is 31.5 Å². The lowest BCUT2D eigenvalue weighted by Gasteiger charge is -2.10. The number of benzene rings is 2. The Balaban J connectivity index is 1.46. The second kappa shape index (κ2) is 10.0. The first-order valence-electron chi connectivity index (χ1n) is 9.07. The van der Waals surface area contributed by atoms with Gasteiger partial charge in [0.2, 0.25) is 17.7 Å². The van der Waals surface area contributed by atoms with Crippen molar-refractivity contribution in [2.45, 2.75) is 25.4 Å². The Morgan fingerprint density at radius 1 is 1.11 bits per heavy atom. The van der Waals surface area contributed by atoms with Crippen LogP contribution in [0.15, 0.2) is 59.0 Å². The molecule has 0 radical (unpaired) electrons. The lowest BCUT2D eigenvalue weighted by Crippen LogP contribution is -2.25. The zero-order valence-electron chi connectivity index (χ0n) is 15.6. The largest absolute Gasteiger partial charge is 0.422 e. The third kappa shape index (κ3) is 5.65. The maximum atomic E-state index is 12.0. The molecule has 1 amide bonds. The highest BCUT2D eigenvalue weighted by Gasteiger charge is 2.20. The number of aryl methyl sites for hydroxylation is 1. The second-order valence-corrected chi connectivity index (χ2v) is 6.72. The lowest BCUT2D eigenvalue weighted by molar-refractivity contribution is -0.121. The van der Waals surface area contributed by atoms with E-state index in [0.717, 1.165) is 17.5 Å². The number of rotatable bonds is 9. The van der Waals surface area contributed by atoms with Gasteiger partial charge in [-0.05, 0) is 29.7 Å². The molecule has 1 N–H and O–H groups in total. The third-order valence-electron chi connectivity index (χ3n) is 4.26. The van der Waals surface area contributed by atoms with E-state index in [1.807, 2.05) is 54.6 Å². The van der Waals surface area contributed by atoms with Crippen molar-refractivity contribution in [3.8, 4) is 0 Å². The Hall–Kier alpha value is -2.70. The van der Waals surface area contributed by atoms with Crippen LogP contribution in [0.3, 0.4) is 0 Å². The van der Waals surface area contributed by atoms with Gasteiger partial charge in [0.1, 0.15) is 0 Å². The summed E-state index contributed by atoms with van der Waals surface area (Å²) in [6.07, 6.45) is 0.992. The van der Waals surface area contributed by atoms with Crippen molar-refractivity contribution in [3.05, 3.63) is 82.5 Å². The van der Waals surface area contributed by atoms with Crippen LogP contribution in [0.4, 0.5) is 0 Å². The molecule has 0 aliphatic heterocycles. The molecule has 1 atom stereocenters. The summed E-state index contributed by atoms with van der Waals surface area (Å²) in [5.41, 5.74) is 2.05. The molecule has 0 unspecified atom stereocenters. The lowest BCUT2D eigenvalue weighted by atomic mass is 10.1. The molecule has 2 aromatic carbocycles. The minimum absolute atomic E-state index is 0.0555. The van der Waals surface area contributed by atoms with E-state index >= 15 is 0 Å². The minimum Gasteiger partial charge on any atom is -0.422 e. The Bertz CT molecular complexity index is 881. The molecule has 7 heteroatoms. The molecule has 3 aromatic rings. The number of carbonyl (C=O) groups excluding carboxylic acids is 1. The molecule has 0 aliphatic rings. The number of carbonyl (C=O) groups is 1. The van der Waals surface area contributed by atoms with Gasteiger partial charge in [0.05, 0.1) is 0 Å². The molecule has 146 valence electrons. The molecule has 1 aromatic heterocycles. The fraction of sp³-hybridized carbons (Fsp3) is 0.286. The van der Waals surface area contributed by atoms with Gasteiger partial charge in [0.25, 0.3) is 0 Å². The predicted octanol–water partition coefficient (Wildman–Crippen LogP) is 3.75. The first-order valence-corrected chi connectivity index (χ1v) is 9.44. The summed E-state index contributed by atoms with van der Waals surface area (Å²) in [6.45, 7) is 0.565. The second-order valence-electron chi connectivity index (χ2n) is 6.29. The number of ether oxygens (including phenoxy) is 1. The van der Waals surface area contributed by atoms with Crippen LogP contribution in [-0.2, 0) is 22.4 Å². The number of halogens is 1. The van der Waals surface area contributed by atoms with Gasteiger partial charge >= 0.3 is 0 Å². The van der Waals surface area contributed by atoms with Crippen molar-refractivity contribution in [1.82, 2.24) is 15.5 Å². The summed E-state index contributed by atoms with van der Waals surface area (Å²) in [5, 5.41) is 11.7. The van der Waals surface area contributed by atoms with Crippen LogP contribution in [0.5, 0.6) is 0 Å². The highest BCUT2D eigenvalue weighted by Crippen LogP contribution is 2.24. The van der Waals surface area contributed by atoms with Gasteiger partial charge in [-0.3, -0.25) is 4.79 Å². The monoisotopic (exact) mass is 399 g/mol. The van der Waals surface area contributed by atoms with Crippen LogP contribution in [0.25, 0.3) is 0 Å². The van der Waals surface area contributed by atoms with Crippen molar-refractivity contribution >= 4 is 17.5 Å². The molecular formula is C21H22ClN3O3. The minimum atomic E-state index is -0.421. The predicted molar refractivity (Wildman–Crippen MR) is 106 cm³/mol. The average molecular weight is 400 g/mol. The van der Waals surface area contributed by atoms with Crippen LogP contribution in [0.2, 0.25) is 5.02 Å². The van der Waals surface area contributed by atoms with Crippen molar-refractivity contribution in [1.29, 1.82) is 0 Å². The number of nitrogens with zero attached hydrogens (tertiary/aromatic N) is 2. The average Bonchev–Trinajstić information content (AvgIpc) is 3.18. The van der Waals surface area contributed by atoms with Crippen molar-refractivity contribution in [2.75, 3.05) is 13.7 Å². The summed E-state index contributed by atoms with van der Waals surface area (Å²) < 4.78 is 11.2. The van der Waals surface area contributed by atoms with E-state index in [1.165, 1.54) is 0 Å². The Morgan fingerprint density at radius 2 is 1.86 bits per heavy atom. The standard InChI is InChI=1S/C21H22ClN3O3/c1-27-20(16-5-3-2-4-6-16)21-25-24-19(28-21)12-11-18(26)23-14-13-15-7-9-17(22)10-8-15/h2-10,20H,11-14H2,1H3,(H,23,26)/t20-/m1/s1. The third-order valence-corrected chi connectivity index (χ3v) is 4.51. The van der Waals surface area contributed by atoms with Gasteiger partial charge < -0.3 is 14.5 Å². The molecule has 28 heavy (non-hydrogen) atoms. The molecule has 0 bridgehead atoms. The van der Waals surface area contributed by atoms with Gasteiger partial charge in [0.15, 0.2) is 6.10 Å². The maximum Gasteiger partial charge on any atom is 0.249 e. The number of methoxy groups -OCH3 is 1. The van der Waals surface area contributed by atoms with E-state index < -0.39 is 6.10 Å². The number of nitrogens with one attached hydrogen (secondary N) is 1. The quantitative estimate of drug-likeness (QED) is 0.593. The number of hydrogen-bond acceptors (Lipinski definition) is 5. The molecule has 0 saturated carbocycles. The summed E-state index contributed by atoms with van der Waals surface area (Å²) in [6, 6.07) is 17.2. The van der Waals surface area contributed by atoms with E-state index in [9.17, 15) is 4.79 Å². The molecule has 0 saturated heterocycles. The van der Waals surface area contributed by atoms with Gasteiger partial charge in [-0.1, -0.05) is 54.1 Å². The van der Waals surface area contributed by atoms with Crippen LogP contribution < -0.4 is 5.32 Å². The van der Waals surface area contributed by atoms with Gasteiger partial charge in [-0.2, -0.15) is 0 Å². The van der Waals surface area contributed by atoms with Gasteiger partial charge in [-0.25, -0.2) is 0 Å². The summed E-state index contributed by atoms with van der Waals surface area (Å²) in [4.78, 5) is 12.0. The van der Waals surface area contributed by atoms with E-state index in [0.29, 0.717) is 29.8 Å². The highest BCUT2D eigenvalue weighted by atomic mass is 35.5. The zero-order valence-corrected chi connectivity index (χ0v) is 16.4. The van der Waals surface area contributed by atoms with Crippen molar-refractivity contribution in [2.24, 2.45) is 0 Å². The zero-order chi connectivity index (χ0) is 19.8. The van der Waals surface area contributed by atoms with E-state index in [4.69, 9.17) is 20.8 Å². The smallest absolute Gasteiger partial charge is 0.249 e. The molecule has 3 rings (SSSR count). The van der Waals surface area contributed by atoms with Crippen molar-refractivity contribution < 1.29 is 13.9 Å². The molecule has 6 nitrogen and oxygen atoms in total. The topological polar surface area (TPSA) is 77.2 Å². The first-order chi connectivity index (χ1) is 13.7. The van der Waals surface area contributed by atoms with E-state index in [1.54, 1.807) is 7.11 Å². The summed E-state index contributed by atoms with van der Waals surface area (Å²) in [7, 11) is 1.59.